The van der Waals surface area contributed by atoms with Crippen molar-refractivity contribution in [3.05, 3.63) is 21.3 Å². The quantitative estimate of drug-likeness (QED) is 0.380. The number of alkyl halides is 1. The minimum absolute atomic E-state index is 0.156. The lowest BCUT2D eigenvalue weighted by molar-refractivity contribution is 0.586. The monoisotopic (exact) mass is 278 g/mol. The standard InChI is InChI=1S/C13H20Cl2S/c1-2-3-4-5-6-7-8-11(14)12-9-10-13(15)16-12/h9-11H,2-8H2,1H3. The molecule has 0 aliphatic carbocycles. The van der Waals surface area contributed by atoms with Gasteiger partial charge < -0.3 is 0 Å². The van der Waals surface area contributed by atoms with Crippen LogP contribution in [-0.4, -0.2) is 0 Å². The van der Waals surface area contributed by atoms with Crippen molar-refractivity contribution in [2.24, 2.45) is 0 Å². The van der Waals surface area contributed by atoms with E-state index in [1.54, 1.807) is 11.3 Å². The van der Waals surface area contributed by atoms with Gasteiger partial charge >= 0.3 is 0 Å². The van der Waals surface area contributed by atoms with E-state index in [0.29, 0.717) is 0 Å². The van der Waals surface area contributed by atoms with Gasteiger partial charge in [-0.1, -0.05) is 57.0 Å². The van der Waals surface area contributed by atoms with Crippen LogP contribution in [0.3, 0.4) is 0 Å². The Morgan fingerprint density at radius 1 is 1.12 bits per heavy atom. The molecule has 0 spiro atoms. The smallest absolute Gasteiger partial charge is 0.0931 e. The van der Waals surface area contributed by atoms with E-state index >= 15 is 0 Å². The normalized spacial score (nSPS) is 12.9. The summed E-state index contributed by atoms with van der Waals surface area (Å²) in [5, 5.41) is 0.156. The van der Waals surface area contributed by atoms with Crippen LogP contribution in [0, 0.1) is 0 Å². The molecule has 0 amide bonds. The molecule has 1 aromatic heterocycles. The third kappa shape index (κ3) is 5.56. The largest absolute Gasteiger partial charge is 0.127 e. The Bertz CT molecular complexity index is 283. The van der Waals surface area contributed by atoms with Crippen LogP contribution in [0.1, 0.15) is 62.1 Å². The van der Waals surface area contributed by atoms with Crippen LogP contribution in [0.4, 0.5) is 0 Å². The zero-order chi connectivity index (χ0) is 11.8. The van der Waals surface area contributed by atoms with Crippen LogP contribution in [0.5, 0.6) is 0 Å². The highest BCUT2D eigenvalue weighted by Crippen LogP contribution is 2.34. The molecule has 92 valence electrons. The first-order valence-electron chi connectivity index (χ1n) is 6.13. The van der Waals surface area contributed by atoms with E-state index in [0.717, 1.165) is 10.8 Å². The Morgan fingerprint density at radius 3 is 2.44 bits per heavy atom. The Kier molecular flexibility index (Phi) is 7.51. The van der Waals surface area contributed by atoms with E-state index < -0.39 is 0 Å². The fourth-order valence-corrected chi connectivity index (χ4v) is 3.18. The molecule has 1 atom stereocenters. The number of halogens is 2. The minimum atomic E-state index is 0.156. The average Bonchev–Trinajstić information content (AvgIpc) is 2.70. The molecule has 0 aliphatic rings. The van der Waals surface area contributed by atoms with Crippen molar-refractivity contribution in [3.63, 3.8) is 0 Å². The highest BCUT2D eigenvalue weighted by Gasteiger charge is 2.09. The highest BCUT2D eigenvalue weighted by molar-refractivity contribution is 7.16. The van der Waals surface area contributed by atoms with Crippen molar-refractivity contribution in [1.82, 2.24) is 0 Å². The number of thiophene rings is 1. The molecule has 0 bridgehead atoms. The molecule has 0 aromatic carbocycles. The van der Waals surface area contributed by atoms with Crippen LogP contribution < -0.4 is 0 Å². The molecular formula is C13H20Cl2S. The second kappa shape index (κ2) is 8.38. The van der Waals surface area contributed by atoms with Crippen molar-refractivity contribution in [1.29, 1.82) is 0 Å². The summed E-state index contributed by atoms with van der Waals surface area (Å²) in [4.78, 5) is 1.21. The maximum atomic E-state index is 6.31. The summed E-state index contributed by atoms with van der Waals surface area (Å²) in [5.74, 6) is 0. The number of hydrogen-bond acceptors (Lipinski definition) is 1. The molecule has 16 heavy (non-hydrogen) atoms. The van der Waals surface area contributed by atoms with Crippen LogP contribution in [0.15, 0.2) is 12.1 Å². The zero-order valence-corrected chi connectivity index (χ0v) is 12.2. The van der Waals surface area contributed by atoms with E-state index in [9.17, 15) is 0 Å². The van der Waals surface area contributed by atoms with Gasteiger partial charge in [0.05, 0.1) is 9.71 Å². The Balaban J connectivity index is 2.09. The Morgan fingerprint density at radius 2 is 1.81 bits per heavy atom. The average molecular weight is 279 g/mol. The summed E-state index contributed by atoms with van der Waals surface area (Å²) in [6, 6.07) is 3.97. The summed E-state index contributed by atoms with van der Waals surface area (Å²) in [6.45, 7) is 2.25. The lowest BCUT2D eigenvalue weighted by Crippen LogP contribution is -1.87. The fourth-order valence-electron chi connectivity index (χ4n) is 1.74. The van der Waals surface area contributed by atoms with Gasteiger partial charge in [-0.05, 0) is 18.6 Å². The first-order chi connectivity index (χ1) is 7.74. The molecule has 1 rings (SSSR count). The predicted molar refractivity (Wildman–Crippen MR) is 75.9 cm³/mol. The topological polar surface area (TPSA) is 0 Å². The molecule has 0 radical (unpaired) electrons. The molecule has 0 aliphatic heterocycles. The van der Waals surface area contributed by atoms with Crippen LogP contribution in [-0.2, 0) is 0 Å². The van der Waals surface area contributed by atoms with Crippen molar-refractivity contribution in [2.45, 2.75) is 57.2 Å². The van der Waals surface area contributed by atoms with Crippen LogP contribution in [0.25, 0.3) is 0 Å². The molecule has 0 nitrogen and oxygen atoms in total. The van der Waals surface area contributed by atoms with Gasteiger partial charge in [-0.15, -0.1) is 22.9 Å². The van der Waals surface area contributed by atoms with E-state index in [1.165, 1.54) is 43.4 Å². The van der Waals surface area contributed by atoms with Gasteiger partial charge in [-0.3, -0.25) is 0 Å². The second-order valence-electron chi connectivity index (χ2n) is 4.17. The van der Waals surface area contributed by atoms with Gasteiger partial charge in [0.2, 0.25) is 0 Å². The second-order valence-corrected chi connectivity index (χ2v) is 6.44. The number of unbranched alkanes of at least 4 members (excludes halogenated alkanes) is 5. The van der Waals surface area contributed by atoms with Crippen LogP contribution >= 0.6 is 34.5 Å². The molecule has 0 N–H and O–H groups in total. The van der Waals surface area contributed by atoms with Gasteiger partial charge in [0.25, 0.3) is 0 Å². The van der Waals surface area contributed by atoms with Crippen molar-refractivity contribution in [2.75, 3.05) is 0 Å². The molecule has 0 fully saturated rings. The van der Waals surface area contributed by atoms with E-state index in [-0.39, 0.29) is 5.38 Å². The third-order valence-electron chi connectivity index (χ3n) is 2.71. The third-order valence-corrected chi connectivity index (χ3v) is 4.64. The van der Waals surface area contributed by atoms with Gasteiger partial charge in [-0.2, -0.15) is 0 Å². The summed E-state index contributed by atoms with van der Waals surface area (Å²) in [6.07, 6.45) is 9.01. The molecule has 3 heteroatoms. The van der Waals surface area contributed by atoms with Gasteiger partial charge in [0, 0.05) is 4.88 Å². The van der Waals surface area contributed by atoms with E-state index in [1.807, 2.05) is 12.1 Å². The molecule has 0 saturated heterocycles. The molecule has 1 aromatic rings. The number of rotatable bonds is 8. The van der Waals surface area contributed by atoms with Crippen LogP contribution in [0.2, 0.25) is 4.34 Å². The Labute approximate surface area is 113 Å². The Hall–Kier alpha value is 0.280. The first kappa shape index (κ1) is 14.3. The molecule has 1 heterocycles. The highest BCUT2D eigenvalue weighted by atomic mass is 35.5. The van der Waals surface area contributed by atoms with Gasteiger partial charge in [-0.25, -0.2) is 0 Å². The summed E-state index contributed by atoms with van der Waals surface area (Å²) in [5.41, 5.74) is 0. The first-order valence-corrected chi connectivity index (χ1v) is 7.76. The molecule has 1 unspecified atom stereocenters. The van der Waals surface area contributed by atoms with E-state index in [4.69, 9.17) is 23.2 Å². The maximum Gasteiger partial charge on any atom is 0.0931 e. The van der Waals surface area contributed by atoms with E-state index in [2.05, 4.69) is 6.92 Å². The van der Waals surface area contributed by atoms with Crippen molar-refractivity contribution in [3.8, 4) is 0 Å². The van der Waals surface area contributed by atoms with Crippen molar-refractivity contribution < 1.29 is 0 Å². The fraction of sp³-hybridized carbons (Fsp3) is 0.692. The maximum absolute atomic E-state index is 6.31. The zero-order valence-electron chi connectivity index (χ0n) is 9.85. The minimum Gasteiger partial charge on any atom is -0.127 e. The van der Waals surface area contributed by atoms with Gasteiger partial charge in [0.1, 0.15) is 0 Å². The lowest BCUT2D eigenvalue weighted by atomic mass is 10.1. The van der Waals surface area contributed by atoms with Crippen molar-refractivity contribution >= 4 is 34.5 Å². The SMILES string of the molecule is CCCCCCCCC(Cl)c1ccc(Cl)s1. The van der Waals surface area contributed by atoms with Gasteiger partial charge in [0.15, 0.2) is 0 Å². The lowest BCUT2D eigenvalue weighted by Gasteiger charge is -2.06. The molecular weight excluding hydrogens is 259 g/mol. The summed E-state index contributed by atoms with van der Waals surface area (Å²) < 4.78 is 0.837. The number of hydrogen-bond donors (Lipinski definition) is 0. The molecule has 0 saturated carbocycles. The predicted octanol–water partition coefficient (Wildman–Crippen LogP) is 6.43. The summed E-state index contributed by atoms with van der Waals surface area (Å²) >= 11 is 13.8. The summed E-state index contributed by atoms with van der Waals surface area (Å²) in [7, 11) is 0.